The molecule has 1 fully saturated rings. The number of ether oxygens (including phenoxy) is 1. The van der Waals surface area contributed by atoms with Crippen molar-refractivity contribution in [1.82, 2.24) is 29.4 Å². The highest BCUT2D eigenvalue weighted by molar-refractivity contribution is 7.89. The minimum absolute atomic E-state index is 0.000216. The largest absolute Gasteiger partial charge is 0.377 e. The van der Waals surface area contributed by atoms with E-state index in [4.69, 9.17) is 4.74 Å². The number of imidazole rings is 1. The van der Waals surface area contributed by atoms with Crippen LogP contribution in [-0.2, 0) is 21.3 Å². The molecule has 4 heterocycles. The van der Waals surface area contributed by atoms with Gasteiger partial charge in [0.25, 0.3) is 6.43 Å². The molecule has 0 bridgehead atoms. The van der Waals surface area contributed by atoms with Crippen molar-refractivity contribution in [3.8, 4) is 5.13 Å². The van der Waals surface area contributed by atoms with Crippen LogP contribution in [0.2, 0.25) is 0 Å². The Balaban J connectivity index is 1.80. The highest BCUT2D eigenvalue weighted by atomic mass is 32.2. The highest BCUT2D eigenvalue weighted by Crippen LogP contribution is 2.34. The molecule has 5 rings (SSSR count). The fourth-order valence-corrected chi connectivity index (χ4v) is 6.72. The van der Waals surface area contributed by atoms with Crippen molar-refractivity contribution < 1.29 is 26.3 Å². The lowest BCUT2D eigenvalue weighted by molar-refractivity contribution is -0.0725. The van der Waals surface area contributed by atoms with Gasteiger partial charge in [0.2, 0.25) is 15.2 Å². The van der Waals surface area contributed by atoms with Crippen LogP contribution in [0.25, 0.3) is 21.7 Å². The van der Waals surface area contributed by atoms with E-state index in [0.29, 0.717) is 35.4 Å². The monoisotopic (exact) mass is 558 g/mol. The minimum atomic E-state index is -4.26. The molecule has 1 unspecified atom stereocenters. The quantitative estimate of drug-likeness (QED) is 0.436. The van der Waals surface area contributed by atoms with Gasteiger partial charge in [0.05, 0.1) is 29.1 Å². The molecular weight excluding hydrogens is 533 g/mol. The van der Waals surface area contributed by atoms with Crippen LogP contribution in [0.15, 0.2) is 27.9 Å². The van der Waals surface area contributed by atoms with Crippen molar-refractivity contribution >= 4 is 38.0 Å². The summed E-state index contributed by atoms with van der Waals surface area (Å²) in [6, 6.07) is 2.76. The van der Waals surface area contributed by atoms with Crippen LogP contribution >= 0.6 is 11.3 Å². The second kappa shape index (κ2) is 9.62. The summed E-state index contributed by atoms with van der Waals surface area (Å²) in [5.74, 6) is 0. The molecule has 0 spiro atoms. The minimum Gasteiger partial charge on any atom is -0.377 e. The lowest BCUT2D eigenvalue weighted by atomic mass is 9.96. The smallest absolute Gasteiger partial charge is 0.335 e. The molecule has 0 saturated carbocycles. The zero-order chi connectivity index (χ0) is 26.5. The van der Waals surface area contributed by atoms with Gasteiger partial charge in [0.1, 0.15) is 12.2 Å². The van der Waals surface area contributed by atoms with Crippen molar-refractivity contribution in [3.05, 3.63) is 39.3 Å². The van der Waals surface area contributed by atoms with Crippen LogP contribution in [0.4, 0.5) is 13.2 Å². The summed E-state index contributed by atoms with van der Waals surface area (Å²) < 4.78 is 77.1. The molecule has 0 radical (unpaired) electrons. The van der Waals surface area contributed by atoms with Crippen LogP contribution in [0.5, 0.6) is 0 Å². The van der Waals surface area contributed by atoms with E-state index >= 15 is 0 Å². The summed E-state index contributed by atoms with van der Waals surface area (Å²) >= 11 is 0.550. The second-order valence-corrected chi connectivity index (χ2v) is 11.8. The maximum absolute atomic E-state index is 13.7. The van der Waals surface area contributed by atoms with Crippen molar-refractivity contribution in [1.29, 1.82) is 0 Å². The molecule has 1 atom stereocenters. The van der Waals surface area contributed by atoms with E-state index < -0.39 is 39.4 Å². The number of aryl methyl sites for hydroxylation is 1. The van der Waals surface area contributed by atoms with Crippen molar-refractivity contribution in [2.45, 2.75) is 49.7 Å². The Morgan fingerprint density at radius 1 is 1.32 bits per heavy atom. The molecule has 2 aliphatic heterocycles. The molecule has 200 valence electrons. The average molecular weight is 559 g/mol. The van der Waals surface area contributed by atoms with Crippen molar-refractivity contribution in [3.63, 3.8) is 0 Å². The lowest BCUT2D eigenvalue weighted by Crippen LogP contribution is -2.63. The van der Waals surface area contributed by atoms with Gasteiger partial charge in [-0.3, -0.25) is 4.57 Å². The maximum Gasteiger partial charge on any atom is 0.335 e. The normalized spacial score (nSPS) is 19.8. The third-order valence-corrected chi connectivity index (χ3v) is 8.93. The molecule has 1 aromatic carbocycles. The summed E-state index contributed by atoms with van der Waals surface area (Å²) in [4.78, 5) is 13.3. The van der Waals surface area contributed by atoms with E-state index in [1.807, 2.05) is 13.0 Å². The first-order valence-electron chi connectivity index (χ1n) is 11.6. The van der Waals surface area contributed by atoms with Crippen LogP contribution in [0.1, 0.15) is 37.3 Å². The standard InChI is InChI=1S/C22H25F3N6O4S2/c1-3-30-17-15(13-4-5-26-12(2)6-13)7-14(37(33,34)29-22(9-23)10-35-11-22)8-16(17)31(21(30)32)20-28-27-19(36-20)18(24)25/h6-8,12,18,26,29H,3-5,9-11H2,1-2H3. The van der Waals surface area contributed by atoms with Crippen LogP contribution in [-0.4, -0.2) is 65.8 Å². The molecule has 0 amide bonds. The predicted molar refractivity (Wildman–Crippen MR) is 132 cm³/mol. The van der Waals surface area contributed by atoms with E-state index in [-0.39, 0.29) is 41.3 Å². The number of nitrogens with one attached hydrogen (secondary N) is 2. The third-order valence-electron chi connectivity index (χ3n) is 6.45. The van der Waals surface area contributed by atoms with E-state index in [1.54, 1.807) is 6.92 Å². The topological polar surface area (TPSA) is 120 Å². The number of alkyl halides is 3. The fraction of sp³-hybridized carbons (Fsp3) is 0.500. The van der Waals surface area contributed by atoms with Gasteiger partial charge in [-0.05, 0) is 44.5 Å². The molecule has 0 aliphatic carbocycles. The number of hydrogen-bond donors (Lipinski definition) is 2. The predicted octanol–water partition coefficient (Wildman–Crippen LogP) is 2.38. The molecule has 3 aromatic rings. The number of sulfonamides is 1. The SMILES string of the molecule is CCn1c(=O)n(-c2nnc(C(F)F)s2)c2cc(S(=O)(=O)NC3(CF)COC3)cc(C3=CC(C)NCC3)c21. The van der Waals surface area contributed by atoms with Gasteiger partial charge < -0.3 is 10.1 Å². The van der Waals surface area contributed by atoms with E-state index in [9.17, 15) is 26.4 Å². The first kappa shape index (κ1) is 26.0. The number of hydrogen-bond acceptors (Lipinski definition) is 8. The summed E-state index contributed by atoms with van der Waals surface area (Å²) in [6.45, 7) is 3.42. The third kappa shape index (κ3) is 4.52. The zero-order valence-electron chi connectivity index (χ0n) is 20.0. The van der Waals surface area contributed by atoms with Crippen LogP contribution in [0, 0.1) is 0 Å². The molecule has 2 aromatic heterocycles. The Kier molecular flexibility index (Phi) is 6.77. The van der Waals surface area contributed by atoms with Gasteiger partial charge in [0.15, 0.2) is 5.01 Å². The highest BCUT2D eigenvalue weighted by Gasteiger charge is 2.43. The van der Waals surface area contributed by atoms with Gasteiger partial charge >= 0.3 is 5.69 Å². The lowest BCUT2D eigenvalue weighted by Gasteiger charge is -2.39. The molecule has 2 aliphatic rings. The second-order valence-electron chi connectivity index (χ2n) is 9.12. The zero-order valence-corrected chi connectivity index (χ0v) is 21.6. The van der Waals surface area contributed by atoms with E-state index in [2.05, 4.69) is 20.2 Å². The first-order chi connectivity index (χ1) is 17.6. The van der Waals surface area contributed by atoms with Gasteiger partial charge in [-0.25, -0.2) is 31.0 Å². The Hall–Kier alpha value is -2.59. The first-order valence-corrected chi connectivity index (χ1v) is 13.9. The Morgan fingerprint density at radius 2 is 2.08 bits per heavy atom. The van der Waals surface area contributed by atoms with E-state index in [0.717, 1.165) is 10.1 Å². The van der Waals surface area contributed by atoms with Crippen LogP contribution < -0.4 is 15.7 Å². The summed E-state index contributed by atoms with van der Waals surface area (Å²) in [5.41, 5.74) is 0.0397. The van der Waals surface area contributed by atoms with Crippen molar-refractivity contribution in [2.24, 2.45) is 0 Å². The average Bonchev–Trinajstić information content (AvgIpc) is 3.42. The van der Waals surface area contributed by atoms with Crippen LogP contribution in [0.3, 0.4) is 0 Å². The fourth-order valence-electron chi connectivity index (χ4n) is 4.61. The van der Waals surface area contributed by atoms with Gasteiger partial charge in [-0.2, -0.15) is 4.72 Å². The maximum atomic E-state index is 13.7. The van der Waals surface area contributed by atoms with Gasteiger partial charge in [-0.1, -0.05) is 17.4 Å². The summed E-state index contributed by atoms with van der Waals surface area (Å²) in [6.07, 6.45) is -0.358. The number of fused-ring (bicyclic) bond motifs is 1. The number of nitrogens with zero attached hydrogens (tertiary/aromatic N) is 4. The van der Waals surface area contributed by atoms with Crippen molar-refractivity contribution in [2.75, 3.05) is 26.4 Å². The molecule has 2 N–H and O–H groups in total. The Labute approximate surface area is 214 Å². The number of aromatic nitrogens is 4. The number of halogens is 3. The van der Waals surface area contributed by atoms with Gasteiger partial charge in [-0.15, -0.1) is 10.2 Å². The number of rotatable bonds is 8. The van der Waals surface area contributed by atoms with E-state index in [1.165, 1.54) is 16.7 Å². The summed E-state index contributed by atoms with van der Waals surface area (Å²) in [7, 11) is -4.26. The summed E-state index contributed by atoms with van der Waals surface area (Å²) in [5, 5.41) is 9.90. The Bertz CT molecular complexity index is 1540. The van der Waals surface area contributed by atoms with Gasteiger partial charge in [0, 0.05) is 18.2 Å². The number of benzene rings is 1. The molecule has 1 saturated heterocycles. The molecule has 37 heavy (non-hydrogen) atoms. The molecule has 10 nitrogen and oxygen atoms in total. The Morgan fingerprint density at radius 3 is 2.65 bits per heavy atom. The molecular formula is C22H25F3N6O4S2. The molecule has 15 heteroatoms.